The van der Waals surface area contributed by atoms with Crippen molar-refractivity contribution < 1.29 is 18.8 Å². The molecule has 2 N–H and O–H groups in total. The van der Waals surface area contributed by atoms with Gasteiger partial charge in [0.2, 0.25) is 12.7 Å². The van der Waals surface area contributed by atoms with E-state index in [1.54, 1.807) is 0 Å². The first-order valence-corrected chi connectivity index (χ1v) is 12.8. The summed E-state index contributed by atoms with van der Waals surface area (Å²) in [5.74, 6) is 2.97. The van der Waals surface area contributed by atoms with Gasteiger partial charge in [0.25, 0.3) is 0 Å². The number of nitrogens with one attached hydrogen (secondary N) is 2. The fraction of sp³-hybridized carbons (Fsp3) is 0.448. The van der Waals surface area contributed by atoms with Gasteiger partial charge in [0.15, 0.2) is 17.3 Å². The standard InChI is InChI=1S/C29H35N3O4/c1-29(2,3)23-7-5-20(6-8-23)26-15-24(32-36-26)13-22-17-30-11-10-21(22)14-28(33)31-16-19-4-9-25-27(12-19)35-18-34-25/h4-9,12,15,21-22,30H,10-11,13-14,16-18H2,1-3H3,(H,31,33). The van der Waals surface area contributed by atoms with Crippen molar-refractivity contribution in [2.45, 2.75) is 52.0 Å². The normalized spacial score (nSPS) is 19.3. The zero-order chi connectivity index (χ0) is 25.1. The number of nitrogens with zero attached hydrogens (tertiary/aromatic N) is 1. The number of carbonyl (C=O) groups excluding carboxylic acids is 1. The van der Waals surface area contributed by atoms with Gasteiger partial charge in [-0.05, 0) is 66.4 Å². The van der Waals surface area contributed by atoms with Crippen LogP contribution >= 0.6 is 0 Å². The highest BCUT2D eigenvalue weighted by Crippen LogP contribution is 2.33. The number of carbonyl (C=O) groups is 1. The second kappa shape index (κ2) is 10.3. The molecule has 1 aromatic heterocycles. The predicted octanol–water partition coefficient (Wildman–Crippen LogP) is 4.84. The molecule has 2 atom stereocenters. The Morgan fingerprint density at radius 1 is 1.06 bits per heavy atom. The molecule has 3 aromatic rings. The molecule has 2 aromatic carbocycles. The van der Waals surface area contributed by atoms with Crippen molar-refractivity contribution in [1.29, 1.82) is 0 Å². The highest BCUT2D eigenvalue weighted by atomic mass is 16.7. The number of hydrogen-bond donors (Lipinski definition) is 2. The Morgan fingerprint density at radius 3 is 2.67 bits per heavy atom. The van der Waals surface area contributed by atoms with Gasteiger partial charge >= 0.3 is 0 Å². The Balaban J connectivity index is 1.17. The maximum Gasteiger partial charge on any atom is 0.231 e. The Hall–Kier alpha value is -3.32. The van der Waals surface area contributed by atoms with Gasteiger partial charge in [-0.15, -0.1) is 0 Å². The molecule has 2 unspecified atom stereocenters. The molecule has 3 heterocycles. The summed E-state index contributed by atoms with van der Waals surface area (Å²) in [4.78, 5) is 12.8. The minimum Gasteiger partial charge on any atom is -0.454 e. The lowest BCUT2D eigenvalue weighted by Crippen LogP contribution is -2.40. The molecule has 1 amide bonds. The van der Waals surface area contributed by atoms with Crippen LogP contribution in [0.2, 0.25) is 0 Å². The lowest BCUT2D eigenvalue weighted by Gasteiger charge is -2.31. The van der Waals surface area contributed by atoms with Crippen LogP contribution in [0.5, 0.6) is 11.5 Å². The topological polar surface area (TPSA) is 85.6 Å². The second-order valence-electron chi connectivity index (χ2n) is 10.9. The van der Waals surface area contributed by atoms with Crippen molar-refractivity contribution in [1.82, 2.24) is 15.8 Å². The van der Waals surface area contributed by atoms with E-state index in [2.05, 4.69) is 60.8 Å². The van der Waals surface area contributed by atoms with Gasteiger partial charge in [-0.25, -0.2) is 0 Å². The predicted molar refractivity (Wildman–Crippen MR) is 138 cm³/mol. The monoisotopic (exact) mass is 489 g/mol. The fourth-order valence-corrected chi connectivity index (χ4v) is 4.99. The van der Waals surface area contributed by atoms with Gasteiger partial charge in [0, 0.05) is 24.6 Å². The number of benzene rings is 2. The summed E-state index contributed by atoms with van der Waals surface area (Å²) in [5.41, 5.74) is 4.37. The molecule has 2 aliphatic rings. The first kappa shape index (κ1) is 24.4. The molecule has 1 saturated heterocycles. The molecule has 7 heteroatoms. The minimum absolute atomic E-state index is 0.0735. The maximum absolute atomic E-state index is 12.8. The highest BCUT2D eigenvalue weighted by Gasteiger charge is 2.28. The SMILES string of the molecule is CC(C)(C)c1ccc(-c2cc(CC3CNCCC3CC(=O)NCc3ccc4c(c3)OCO4)no2)cc1. The Bertz CT molecular complexity index is 1200. The van der Waals surface area contributed by atoms with Gasteiger partial charge < -0.3 is 24.6 Å². The van der Waals surface area contributed by atoms with Crippen LogP contribution in [0.4, 0.5) is 0 Å². The summed E-state index contributed by atoms with van der Waals surface area (Å²) in [6.07, 6.45) is 2.27. The average Bonchev–Trinajstić information content (AvgIpc) is 3.53. The van der Waals surface area contributed by atoms with Crippen LogP contribution in [0.25, 0.3) is 11.3 Å². The molecule has 0 saturated carbocycles. The van der Waals surface area contributed by atoms with Gasteiger partial charge in [0.05, 0.1) is 5.69 Å². The Morgan fingerprint density at radius 2 is 1.86 bits per heavy atom. The lowest BCUT2D eigenvalue weighted by atomic mass is 9.81. The van der Waals surface area contributed by atoms with Crippen LogP contribution in [0.15, 0.2) is 53.1 Å². The van der Waals surface area contributed by atoms with Crippen molar-refractivity contribution in [2.75, 3.05) is 19.9 Å². The van der Waals surface area contributed by atoms with Gasteiger partial charge in [-0.3, -0.25) is 4.79 Å². The van der Waals surface area contributed by atoms with E-state index in [0.29, 0.717) is 24.8 Å². The Labute approximate surface area is 212 Å². The number of aromatic nitrogens is 1. The van der Waals surface area contributed by atoms with E-state index in [-0.39, 0.29) is 18.1 Å². The first-order chi connectivity index (χ1) is 17.3. The summed E-state index contributed by atoms with van der Waals surface area (Å²) in [7, 11) is 0. The van der Waals surface area contributed by atoms with E-state index < -0.39 is 0 Å². The zero-order valence-corrected chi connectivity index (χ0v) is 21.3. The fourth-order valence-electron chi connectivity index (χ4n) is 4.99. The van der Waals surface area contributed by atoms with Crippen LogP contribution in [0.3, 0.4) is 0 Å². The molecule has 2 aliphatic heterocycles. The third kappa shape index (κ3) is 5.73. The number of amides is 1. The van der Waals surface area contributed by atoms with E-state index in [9.17, 15) is 4.79 Å². The van der Waals surface area contributed by atoms with Gasteiger partial charge in [0.1, 0.15) is 0 Å². The van der Waals surface area contributed by atoms with Gasteiger partial charge in [-0.1, -0.05) is 56.3 Å². The van der Waals surface area contributed by atoms with E-state index in [0.717, 1.165) is 60.0 Å². The van der Waals surface area contributed by atoms with E-state index >= 15 is 0 Å². The first-order valence-electron chi connectivity index (χ1n) is 12.8. The minimum atomic E-state index is 0.0735. The van der Waals surface area contributed by atoms with Crippen molar-refractivity contribution >= 4 is 5.91 Å². The molecule has 7 nitrogen and oxygen atoms in total. The van der Waals surface area contributed by atoms with Crippen LogP contribution in [-0.4, -0.2) is 30.9 Å². The molecule has 36 heavy (non-hydrogen) atoms. The van der Waals surface area contributed by atoms with Crippen LogP contribution < -0.4 is 20.1 Å². The summed E-state index contributed by atoms with van der Waals surface area (Å²) in [5, 5.41) is 10.9. The molecule has 0 bridgehead atoms. The number of hydrogen-bond acceptors (Lipinski definition) is 6. The molecule has 0 spiro atoms. The quantitative estimate of drug-likeness (QED) is 0.494. The largest absolute Gasteiger partial charge is 0.454 e. The zero-order valence-electron chi connectivity index (χ0n) is 21.3. The average molecular weight is 490 g/mol. The molecule has 190 valence electrons. The van der Waals surface area contributed by atoms with E-state index in [4.69, 9.17) is 14.0 Å². The van der Waals surface area contributed by atoms with Crippen molar-refractivity contribution in [3.8, 4) is 22.8 Å². The highest BCUT2D eigenvalue weighted by molar-refractivity contribution is 5.76. The third-order valence-corrected chi connectivity index (χ3v) is 7.21. The summed E-state index contributed by atoms with van der Waals surface area (Å²) in [6, 6.07) is 16.3. The molecular weight excluding hydrogens is 454 g/mol. The summed E-state index contributed by atoms with van der Waals surface area (Å²) >= 11 is 0. The number of piperidine rings is 1. The van der Waals surface area contributed by atoms with E-state index in [1.165, 1.54) is 5.56 Å². The smallest absolute Gasteiger partial charge is 0.231 e. The number of ether oxygens (including phenoxy) is 2. The molecule has 5 rings (SSSR count). The number of rotatable bonds is 7. The van der Waals surface area contributed by atoms with Crippen molar-refractivity contribution in [3.63, 3.8) is 0 Å². The van der Waals surface area contributed by atoms with Crippen LogP contribution in [0, 0.1) is 11.8 Å². The Kier molecular flexibility index (Phi) is 7.01. The molecule has 0 aliphatic carbocycles. The third-order valence-electron chi connectivity index (χ3n) is 7.21. The molecular formula is C29H35N3O4. The number of fused-ring (bicyclic) bond motifs is 1. The van der Waals surface area contributed by atoms with E-state index in [1.807, 2.05) is 24.3 Å². The summed E-state index contributed by atoms with van der Waals surface area (Å²) in [6.45, 7) is 9.16. The molecule has 1 fully saturated rings. The van der Waals surface area contributed by atoms with Gasteiger partial charge in [-0.2, -0.15) is 0 Å². The van der Waals surface area contributed by atoms with Crippen LogP contribution in [-0.2, 0) is 23.2 Å². The molecule has 0 radical (unpaired) electrons. The van der Waals surface area contributed by atoms with Crippen molar-refractivity contribution in [2.24, 2.45) is 11.8 Å². The second-order valence-corrected chi connectivity index (χ2v) is 10.9. The lowest BCUT2D eigenvalue weighted by molar-refractivity contribution is -0.122. The van der Waals surface area contributed by atoms with Crippen LogP contribution in [0.1, 0.15) is 50.4 Å². The maximum atomic E-state index is 12.8. The van der Waals surface area contributed by atoms with Crippen molar-refractivity contribution in [3.05, 3.63) is 65.4 Å². The summed E-state index contributed by atoms with van der Waals surface area (Å²) < 4.78 is 16.5.